The van der Waals surface area contributed by atoms with E-state index in [1.165, 1.54) is 28.5 Å². The first-order chi connectivity index (χ1) is 12.7. The quantitative estimate of drug-likeness (QED) is 0.704. The summed E-state index contributed by atoms with van der Waals surface area (Å²) in [6.45, 7) is 2.05. The van der Waals surface area contributed by atoms with Gasteiger partial charge in [0.25, 0.3) is 0 Å². The molecule has 1 amide bonds. The van der Waals surface area contributed by atoms with Crippen molar-refractivity contribution in [2.24, 2.45) is 0 Å². The van der Waals surface area contributed by atoms with Crippen molar-refractivity contribution in [1.82, 2.24) is 20.1 Å². The van der Waals surface area contributed by atoms with E-state index in [-0.39, 0.29) is 11.9 Å². The number of carbonyl (C=O) groups is 1. The SMILES string of the molecule is Cc1ccc(-n2cnnc2SCC(=O)NC2CCc3ccccc32)cc1. The van der Waals surface area contributed by atoms with Crippen molar-refractivity contribution in [3.05, 3.63) is 71.5 Å². The second kappa shape index (κ2) is 7.33. The molecule has 1 aliphatic carbocycles. The van der Waals surface area contributed by atoms with Gasteiger partial charge in [-0.1, -0.05) is 53.7 Å². The average Bonchev–Trinajstić information content (AvgIpc) is 3.28. The molecule has 4 rings (SSSR count). The molecule has 0 radical (unpaired) electrons. The van der Waals surface area contributed by atoms with E-state index in [4.69, 9.17) is 0 Å². The van der Waals surface area contributed by atoms with Crippen LogP contribution in [0.1, 0.15) is 29.2 Å². The number of carbonyl (C=O) groups excluding carboxylic acids is 1. The van der Waals surface area contributed by atoms with Crippen molar-refractivity contribution in [1.29, 1.82) is 0 Å². The predicted molar refractivity (Wildman–Crippen MR) is 102 cm³/mol. The van der Waals surface area contributed by atoms with Crippen LogP contribution < -0.4 is 5.32 Å². The van der Waals surface area contributed by atoms with Crippen molar-refractivity contribution in [2.75, 3.05) is 5.75 Å². The van der Waals surface area contributed by atoms with Crippen molar-refractivity contribution in [3.8, 4) is 5.69 Å². The second-order valence-corrected chi connectivity index (χ2v) is 7.41. The fourth-order valence-corrected chi connectivity index (χ4v) is 4.02. The molecule has 0 saturated heterocycles. The number of amides is 1. The fourth-order valence-electron chi connectivity index (χ4n) is 3.28. The molecule has 5 nitrogen and oxygen atoms in total. The third kappa shape index (κ3) is 3.51. The van der Waals surface area contributed by atoms with Crippen LogP contribution in [-0.2, 0) is 11.2 Å². The van der Waals surface area contributed by atoms with Crippen LogP contribution in [0.2, 0.25) is 0 Å². The maximum Gasteiger partial charge on any atom is 0.230 e. The van der Waals surface area contributed by atoms with Gasteiger partial charge in [0.05, 0.1) is 11.8 Å². The Bertz CT molecular complexity index is 920. The van der Waals surface area contributed by atoms with Gasteiger partial charge in [-0.15, -0.1) is 10.2 Å². The summed E-state index contributed by atoms with van der Waals surface area (Å²) in [5.41, 5.74) is 4.78. The lowest BCUT2D eigenvalue weighted by molar-refractivity contribution is -0.119. The highest BCUT2D eigenvalue weighted by molar-refractivity contribution is 7.99. The average molecular weight is 364 g/mol. The topological polar surface area (TPSA) is 59.8 Å². The lowest BCUT2D eigenvalue weighted by Crippen LogP contribution is -2.28. The van der Waals surface area contributed by atoms with E-state index >= 15 is 0 Å². The summed E-state index contributed by atoms with van der Waals surface area (Å²) in [4.78, 5) is 12.4. The number of aryl methyl sites for hydroxylation is 2. The van der Waals surface area contributed by atoms with Crippen LogP contribution in [0.15, 0.2) is 60.0 Å². The Hall–Kier alpha value is -2.60. The standard InChI is InChI=1S/C20H20N4OS/c1-14-6-9-16(10-7-14)24-13-21-23-20(24)26-12-19(25)22-18-11-8-15-4-2-3-5-17(15)18/h2-7,9-10,13,18H,8,11-12H2,1H3,(H,22,25). The Labute approximate surface area is 156 Å². The fraction of sp³-hybridized carbons (Fsp3) is 0.250. The molecular weight excluding hydrogens is 344 g/mol. The molecule has 3 aromatic rings. The number of thioether (sulfide) groups is 1. The first-order valence-electron chi connectivity index (χ1n) is 8.68. The van der Waals surface area contributed by atoms with E-state index in [2.05, 4.69) is 40.6 Å². The Morgan fingerprint density at radius 3 is 2.88 bits per heavy atom. The second-order valence-electron chi connectivity index (χ2n) is 6.47. The van der Waals surface area contributed by atoms with E-state index < -0.39 is 0 Å². The van der Waals surface area contributed by atoms with E-state index in [0.29, 0.717) is 5.75 Å². The summed E-state index contributed by atoms with van der Waals surface area (Å²) in [6, 6.07) is 16.6. The van der Waals surface area contributed by atoms with Gasteiger partial charge in [0.1, 0.15) is 6.33 Å². The Morgan fingerprint density at radius 1 is 1.23 bits per heavy atom. The van der Waals surface area contributed by atoms with Gasteiger partial charge < -0.3 is 5.32 Å². The molecule has 1 aromatic heterocycles. The summed E-state index contributed by atoms with van der Waals surface area (Å²) >= 11 is 1.40. The molecule has 1 N–H and O–H groups in total. The third-order valence-corrected chi connectivity index (χ3v) is 5.57. The molecule has 2 aromatic carbocycles. The minimum atomic E-state index is 0.0233. The molecule has 1 heterocycles. The van der Waals surface area contributed by atoms with Gasteiger partial charge in [-0.25, -0.2) is 0 Å². The molecule has 1 atom stereocenters. The molecule has 0 saturated carbocycles. The molecular formula is C20H20N4OS. The molecule has 26 heavy (non-hydrogen) atoms. The van der Waals surface area contributed by atoms with E-state index in [1.807, 2.05) is 34.9 Å². The zero-order chi connectivity index (χ0) is 17.9. The van der Waals surface area contributed by atoms with Crippen LogP contribution in [0.25, 0.3) is 5.69 Å². The smallest absolute Gasteiger partial charge is 0.230 e. The minimum Gasteiger partial charge on any atom is -0.349 e. The first-order valence-corrected chi connectivity index (χ1v) is 9.66. The number of nitrogens with one attached hydrogen (secondary N) is 1. The van der Waals surface area contributed by atoms with E-state index in [1.54, 1.807) is 6.33 Å². The number of rotatable bonds is 5. The first kappa shape index (κ1) is 16.8. The highest BCUT2D eigenvalue weighted by atomic mass is 32.2. The molecule has 0 aliphatic heterocycles. The van der Waals surface area contributed by atoms with Gasteiger partial charge in [0.2, 0.25) is 5.91 Å². The zero-order valence-corrected chi connectivity index (χ0v) is 15.4. The van der Waals surface area contributed by atoms with Crippen molar-refractivity contribution in [3.63, 3.8) is 0 Å². The molecule has 0 spiro atoms. The number of benzene rings is 2. The number of hydrogen-bond donors (Lipinski definition) is 1. The molecule has 1 aliphatic rings. The van der Waals surface area contributed by atoms with Crippen LogP contribution in [0.3, 0.4) is 0 Å². The highest BCUT2D eigenvalue weighted by Gasteiger charge is 2.23. The van der Waals surface area contributed by atoms with E-state index in [9.17, 15) is 4.79 Å². The minimum absolute atomic E-state index is 0.0233. The predicted octanol–water partition coefficient (Wildman–Crippen LogP) is 3.47. The van der Waals surface area contributed by atoms with Gasteiger partial charge >= 0.3 is 0 Å². The van der Waals surface area contributed by atoms with Crippen LogP contribution in [0.4, 0.5) is 0 Å². The maximum atomic E-state index is 12.4. The van der Waals surface area contributed by atoms with Crippen molar-refractivity contribution >= 4 is 17.7 Å². The van der Waals surface area contributed by atoms with Crippen molar-refractivity contribution in [2.45, 2.75) is 31.0 Å². The van der Waals surface area contributed by atoms with Gasteiger partial charge in [-0.3, -0.25) is 9.36 Å². The number of nitrogens with zero attached hydrogens (tertiary/aromatic N) is 3. The van der Waals surface area contributed by atoms with Crippen LogP contribution in [-0.4, -0.2) is 26.4 Å². The Morgan fingerprint density at radius 2 is 2.04 bits per heavy atom. The Kier molecular flexibility index (Phi) is 4.75. The normalized spacial score (nSPS) is 15.7. The lowest BCUT2D eigenvalue weighted by Gasteiger charge is -2.14. The van der Waals surface area contributed by atoms with Crippen LogP contribution in [0.5, 0.6) is 0 Å². The summed E-state index contributed by atoms with van der Waals surface area (Å²) in [5, 5.41) is 12.0. The molecule has 0 fully saturated rings. The van der Waals surface area contributed by atoms with Crippen LogP contribution >= 0.6 is 11.8 Å². The third-order valence-electron chi connectivity index (χ3n) is 4.63. The highest BCUT2D eigenvalue weighted by Crippen LogP contribution is 2.30. The summed E-state index contributed by atoms with van der Waals surface area (Å²) < 4.78 is 1.91. The molecule has 6 heteroatoms. The molecule has 0 bridgehead atoms. The summed E-state index contributed by atoms with van der Waals surface area (Å²) in [5.74, 6) is 0.346. The number of fused-ring (bicyclic) bond motifs is 1. The largest absolute Gasteiger partial charge is 0.349 e. The van der Waals surface area contributed by atoms with Gasteiger partial charge in [-0.2, -0.15) is 0 Å². The lowest BCUT2D eigenvalue weighted by atomic mass is 10.1. The van der Waals surface area contributed by atoms with Crippen molar-refractivity contribution < 1.29 is 4.79 Å². The van der Waals surface area contributed by atoms with E-state index in [0.717, 1.165) is 23.7 Å². The Balaban J connectivity index is 1.39. The van der Waals surface area contributed by atoms with Gasteiger partial charge in [0, 0.05) is 5.69 Å². The maximum absolute atomic E-state index is 12.4. The number of aromatic nitrogens is 3. The van der Waals surface area contributed by atoms with Gasteiger partial charge in [0.15, 0.2) is 5.16 Å². The summed E-state index contributed by atoms with van der Waals surface area (Å²) in [7, 11) is 0. The molecule has 1 unspecified atom stereocenters. The monoisotopic (exact) mass is 364 g/mol. The van der Waals surface area contributed by atoms with Gasteiger partial charge in [-0.05, 0) is 43.0 Å². The summed E-state index contributed by atoms with van der Waals surface area (Å²) in [6.07, 6.45) is 3.67. The zero-order valence-electron chi connectivity index (χ0n) is 14.6. The van der Waals surface area contributed by atoms with Crippen LogP contribution in [0, 0.1) is 6.92 Å². The molecule has 132 valence electrons. The number of hydrogen-bond acceptors (Lipinski definition) is 4.